The van der Waals surface area contributed by atoms with Crippen LogP contribution in [0.25, 0.3) is 0 Å². The largest absolute Gasteiger partial charge is 0.493 e. The summed E-state index contributed by atoms with van der Waals surface area (Å²) in [4.78, 5) is 21.4. The Balaban J connectivity index is 1.87. The Morgan fingerprint density at radius 1 is 0.969 bits per heavy atom. The molecular formula is C23H23FN4O4. The Labute approximate surface area is 185 Å². The zero-order chi connectivity index (χ0) is 22.9. The molecule has 0 atom stereocenters. The van der Waals surface area contributed by atoms with Crippen LogP contribution >= 0.6 is 0 Å². The number of guanidine groups is 1. The highest BCUT2D eigenvalue weighted by Gasteiger charge is 2.18. The van der Waals surface area contributed by atoms with Crippen LogP contribution in [0.4, 0.5) is 10.1 Å². The Kier molecular flexibility index (Phi) is 7.58. The second kappa shape index (κ2) is 10.8. The standard InChI is InChI=1S/C23H23FN4O4/c1-30-19-12-16(13-20(31-2)21(19)32-3)22(29)28-23(26-14-15-8-10-25-11-9-15)27-18-6-4-17(24)5-7-18/h4-13H,14H2,1-3H3,(H2,26,27,28,29). The highest BCUT2D eigenvalue weighted by atomic mass is 19.1. The zero-order valence-corrected chi connectivity index (χ0v) is 17.9. The van der Waals surface area contributed by atoms with Crippen LogP contribution < -0.4 is 24.8 Å². The lowest BCUT2D eigenvalue weighted by molar-refractivity contribution is 0.0976. The van der Waals surface area contributed by atoms with Crippen molar-refractivity contribution in [3.05, 3.63) is 77.9 Å². The van der Waals surface area contributed by atoms with Gasteiger partial charge in [-0.05, 0) is 54.1 Å². The Bertz CT molecular complexity index is 1060. The Hall–Kier alpha value is -4.14. The van der Waals surface area contributed by atoms with Gasteiger partial charge in [0.05, 0.1) is 27.9 Å². The highest BCUT2D eigenvalue weighted by molar-refractivity contribution is 6.10. The molecule has 2 aromatic carbocycles. The van der Waals surface area contributed by atoms with Crippen molar-refractivity contribution < 1.29 is 23.4 Å². The predicted octanol–water partition coefficient (Wildman–Crippen LogP) is 3.64. The van der Waals surface area contributed by atoms with E-state index in [-0.39, 0.29) is 17.3 Å². The van der Waals surface area contributed by atoms with Crippen molar-refractivity contribution in [2.24, 2.45) is 4.99 Å². The lowest BCUT2D eigenvalue weighted by Crippen LogP contribution is -2.36. The number of benzene rings is 2. The molecule has 1 amide bonds. The molecule has 3 aromatic rings. The van der Waals surface area contributed by atoms with Crippen LogP contribution in [0.2, 0.25) is 0 Å². The summed E-state index contributed by atoms with van der Waals surface area (Å²) in [5, 5.41) is 5.75. The molecule has 32 heavy (non-hydrogen) atoms. The summed E-state index contributed by atoms with van der Waals surface area (Å²) in [5.41, 5.74) is 1.74. The Morgan fingerprint density at radius 2 is 1.59 bits per heavy atom. The van der Waals surface area contributed by atoms with Crippen molar-refractivity contribution >= 4 is 17.6 Å². The van der Waals surface area contributed by atoms with Gasteiger partial charge in [-0.3, -0.25) is 15.1 Å². The summed E-state index contributed by atoms with van der Waals surface area (Å²) in [6.07, 6.45) is 3.32. The van der Waals surface area contributed by atoms with Gasteiger partial charge in [-0.15, -0.1) is 0 Å². The minimum absolute atomic E-state index is 0.187. The molecule has 166 valence electrons. The number of hydrogen-bond donors (Lipinski definition) is 2. The topological polar surface area (TPSA) is 94.1 Å². The number of carbonyl (C=O) groups excluding carboxylic acids is 1. The van der Waals surface area contributed by atoms with Crippen LogP contribution in [-0.4, -0.2) is 38.2 Å². The van der Waals surface area contributed by atoms with Gasteiger partial charge in [-0.1, -0.05) is 0 Å². The van der Waals surface area contributed by atoms with Crippen LogP contribution in [0.1, 0.15) is 15.9 Å². The number of anilines is 1. The van der Waals surface area contributed by atoms with E-state index in [1.807, 2.05) is 12.1 Å². The molecule has 8 nitrogen and oxygen atoms in total. The average molecular weight is 438 g/mol. The Morgan fingerprint density at radius 3 is 2.16 bits per heavy atom. The third-order valence-corrected chi connectivity index (χ3v) is 4.43. The quantitative estimate of drug-likeness (QED) is 0.432. The van der Waals surface area contributed by atoms with Gasteiger partial charge in [0.2, 0.25) is 11.7 Å². The summed E-state index contributed by atoms with van der Waals surface area (Å²) < 4.78 is 29.2. The lowest BCUT2D eigenvalue weighted by Gasteiger charge is -2.15. The minimum Gasteiger partial charge on any atom is -0.493 e. The maximum Gasteiger partial charge on any atom is 0.258 e. The zero-order valence-electron chi connectivity index (χ0n) is 17.9. The number of methoxy groups -OCH3 is 3. The van der Waals surface area contributed by atoms with Gasteiger partial charge in [0.15, 0.2) is 11.5 Å². The van der Waals surface area contributed by atoms with Crippen molar-refractivity contribution in [1.82, 2.24) is 10.3 Å². The van der Waals surface area contributed by atoms with E-state index in [9.17, 15) is 9.18 Å². The fourth-order valence-electron chi connectivity index (χ4n) is 2.83. The second-order valence-electron chi connectivity index (χ2n) is 6.52. The fraction of sp³-hybridized carbons (Fsp3) is 0.174. The first kappa shape index (κ1) is 22.5. The third kappa shape index (κ3) is 5.72. The molecule has 0 unspecified atom stereocenters. The van der Waals surface area contributed by atoms with Crippen molar-refractivity contribution in [3.63, 3.8) is 0 Å². The van der Waals surface area contributed by atoms with Crippen LogP contribution in [0.5, 0.6) is 17.2 Å². The molecule has 3 rings (SSSR count). The number of amides is 1. The smallest absolute Gasteiger partial charge is 0.258 e. The first-order chi connectivity index (χ1) is 15.5. The number of ether oxygens (including phenoxy) is 3. The number of halogens is 1. The molecule has 0 aliphatic heterocycles. The van der Waals surface area contributed by atoms with E-state index >= 15 is 0 Å². The SMILES string of the molecule is COc1cc(C(=O)NC(=NCc2ccncc2)Nc2ccc(F)cc2)cc(OC)c1OC. The second-order valence-corrected chi connectivity index (χ2v) is 6.52. The van der Waals surface area contributed by atoms with Gasteiger partial charge in [-0.25, -0.2) is 9.38 Å². The maximum absolute atomic E-state index is 13.3. The molecule has 0 saturated carbocycles. The number of hydrogen-bond acceptors (Lipinski definition) is 6. The first-order valence-corrected chi connectivity index (χ1v) is 9.61. The monoisotopic (exact) mass is 438 g/mol. The first-order valence-electron chi connectivity index (χ1n) is 9.61. The summed E-state index contributed by atoms with van der Waals surface area (Å²) in [6, 6.07) is 12.4. The van der Waals surface area contributed by atoms with Crippen molar-refractivity contribution in [2.45, 2.75) is 6.54 Å². The molecule has 0 fully saturated rings. The molecular weight excluding hydrogens is 415 g/mol. The van der Waals surface area contributed by atoms with Gasteiger partial charge in [0, 0.05) is 23.6 Å². The van der Waals surface area contributed by atoms with E-state index in [1.165, 1.54) is 45.6 Å². The van der Waals surface area contributed by atoms with Crippen molar-refractivity contribution in [2.75, 3.05) is 26.6 Å². The predicted molar refractivity (Wildman–Crippen MR) is 119 cm³/mol. The molecule has 1 aromatic heterocycles. The minimum atomic E-state index is -0.452. The van der Waals surface area contributed by atoms with E-state index in [0.717, 1.165) is 5.56 Å². The molecule has 9 heteroatoms. The molecule has 1 heterocycles. The van der Waals surface area contributed by atoms with Gasteiger partial charge in [-0.2, -0.15) is 0 Å². The molecule has 0 aliphatic rings. The average Bonchev–Trinajstić information content (AvgIpc) is 2.83. The van der Waals surface area contributed by atoms with Crippen LogP contribution in [0, 0.1) is 5.82 Å². The number of carbonyl (C=O) groups is 1. The van der Waals surface area contributed by atoms with Crippen molar-refractivity contribution in [3.8, 4) is 17.2 Å². The van der Waals surface area contributed by atoms with E-state index in [1.54, 1.807) is 24.5 Å². The summed E-state index contributed by atoms with van der Waals surface area (Å²) in [7, 11) is 4.42. The van der Waals surface area contributed by atoms with E-state index in [0.29, 0.717) is 29.5 Å². The van der Waals surface area contributed by atoms with Gasteiger partial charge < -0.3 is 19.5 Å². The van der Waals surface area contributed by atoms with Crippen LogP contribution in [0.15, 0.2) is 65.9 Å². The molecule has 2 N–H and O–H groups in total. The molecule has 0 spiro atoms. The third-order valence-electron chi connectivity index (χ3n) is 4.43. The molecule has 0 radical (unpaired) electrons. The maximum atomic E-state index is 13.3. The summed E-state index contributed by atoms with van der Waals surface area (Å²) in [6.45, 7) is 0.293. The summed E-state index contributed by atoms with van der Waals surface area (Å²) >= 11 is 0. The summed E-state index contributed by atoms with van der Waals surface area (Å²) in [5.74, 6) is 0.437. The number of nitrogens with zero attached hydrogens (tertiary/aromatic N) is 2. The number of aromatic nitrogens is 1. The van der Waals surface area contributed by atoms with Crippen LogP contribution in [0.3, 0.4) is 0 Å². The van der Waals surface area contributed by atoms with Crippen LogP contribution in [-0.2, 0) is 6.54 Å². The number of aliphatic imine (C=N–C) groups is 1. The van der Waals surface area contributed by atoms with Gasteiger partial charge in [0.25, 0.3) is 5.91 Å². The van der Waals surface area contributed by atoms with Crippen molar-refractivity contribution in [1.29, 1.82) is 0 Å². The molecule has 0 bridgehead atoms. The molecule has 0 aliphatic carbocycles. The highest BCUT2D eigenvalue weighted by Crippen LogP contribution is 2.38. The lowest BCUT2D eigenvalue weighted by atomic mass is 10.1. The molecule has 0 saturated heterocycles. The number of pyridine rings is 1. The van der Waals surface area contributed by atoms with E-state index < -0.39 is 5.91 Å². The number of nitrogens with one attached hydrogen (secondary N) is 2. The van der Waals surface area contributed by atoms with E-state index in [2.05, 4.69) is 20.6 Å². The normalized spacial score (nSPS) is 10.9. The fourth-order valence-corrected chi connectivity index (χ4v) is 2.83. The number of rotatable bonds is 7. The van der Waals surface area contributed by atoms with Gasteiger partial charge in [0.1, 0.15) is 5.82 Å². The van der Waals surface area contributed by atoms with Gasteiger partial charge >= 0.3 is 0 Å². The van der Waals surface area contributed by atoms with E-state index in [4.69, 9.17) is 14.2 Å².